The van der Waals surface area contributed by atoms with Crippen LogP contribution < -0.4 is 5.32 Å². The van der Waals surface area contributed by atoms with E-state index in [2.05, 4.69) is 15.6 Å². The first kappa shape index (κ1) is 34.5. The molecule has 0 aliphatic carbocycles. The minimum Gasteiger partial charge on any atom is -0.455 e. The van der Waals surface area contributed by atoms with E-state index in [-0.39, 0.29) is 38.8 Å². The van der Waals surface area contributed by atoms with Gasteiger partial charge in [0.2, 0.25) is 11.8 Å². The van der Waals surface area contributed by atoms with Crippen LogP contribution in [0.15, 0.2) is 78.9 Å². The van der Waals surface area contributed by atoms with Gasteiger partial charge in [-0.05, 0) is 30.5 Å². The Morgan fingerprint density at radius 2 is 1.84 bits per heavy atom. The van der Waals surface area contributed by atoms with Crippen LogP contribution in [0.1, 0.15) is 37.9 Å². The number of carbonyl (C=O) groups excluding carboxylic acids is 4. The van der Waals surface area contributed by atoms with E-state index in [0.29, 0.717) is 29.4 Å². The number of carbonyl (C=O) groups is 4. The van der Waals surface area contributed by atoms with Crippen molar-refractivity contribution in [2.75, 3.05) is 26.9 Å². The Labute approximate surface area is 295 Å². The molecule has 1 spiro atoms. The van der Waals surface area contributed by atoms with Crippen molar-refractivity contribution in [3.05, 3.63) is 84.5 Å². The second-order valence-electron chi connectivity index (χ2n) is 13.4. The molecule has 14 heteroatoms. The van der Waals surface area contributed by atoms with Gasteiger partial charge in [-0.15, -0.1) is 5.10 Å². The lowest BCUT2D eigenvalue weighted by molar-refractivity contribution is -0.163. The number of nitrogens with zero attached hydrogens (tertiary/aromatic N) is 5. The maximum Gasteiger partial charge on any atom is 0.313 e. The van der Waals surface area contributed by atoms with Crippen molar-refractivity contribution in [2.24, 2.45) is 11.8 Å². The van der Waals surface area contributed by atoms with E-state index in [1.165, 1.54) is 12.0 Å². The molecule has 1 aromatic heterocycles. The molecule has 51 heavy (non-hydrogen) atoms. The largest absolute Gasteiger partial charge is 0.455 e. The summed E-state index contributed by atoms with van der Waals surface area (Å²) in [6, 6.07) is 13.8. The summed E-state index contributed by atoms with van der Waals surface area (Å²) in [5.41, 5.74) is 0.511. The summed E-state index contributed by atoms with van der Waals surface area (Å²) in [5, 5.41) is 22.1. The number of methoxy groups -OCH3 is 1. The lowest BCUT2D eigenvalue weighted by Crippen LogP contribution is -2.58. The number of aliphatic hydroxyl groups is 1. The molecule has 0 radical (unpaired) electrons. The highest BCUT2D eigenvalue weighted by Gasteiger charge is 2.74. The quantitative estimate of drug-likeness (QED) is 0.262. The van der Waals surface area contributed by atoms with Crippen molar-refractivity contribution in [1.82, 2.24) is 30.1 Å². The number of hydrogen-bond acceptors (Lipinski definition) is 10. The van der Waals surface area contributed by atoms with Crippen LogP contribution in [0.2, 0.25) is 0 Å². The number of para-hydroxylation sites is 1. The number of hydrogen-bond donors (Lipinski definition) is 2. The van der Waals surface area contributed by atoms with E-state index in [9.17, 15) is 19.5 Å². The highest BCUT2D eigenvalue weighted by atomic mass is 16.6. The van der Waals surface area contributed by atoms with Gasteiger partial charge in [0.05, 0.1) is 42.8 Å². The number of cyclic esters (lactones) is 1. The molecule has 4 aliphatic heterocycles. The van der Waals surface area contributed by atoms with E-state index in [1.54, 1.807) is 39.9 Å². The third kappa shape index (κ3) is 6.10. The monoisotopic (exact) mass is 698 g/mol. The number of aromatic nitrogens is 3. The van der Waals surface area contributed by atoms with Crippen LogP contribution in [0, 0.1) is 11.8 Å². The van der Waals surface area contributed by atoms with Crippen molar-refractivity contribution in [2.45, 2.75) is 68.8 Å². The minimum absolute atomic E-state index is 0.00453. The number of ether oxygens (including phenoxy) is 3. The van der Waals surface area contributed by atoms with Gasteiger partial charge in [-0.1, -0.05) is 78.9 Å². The average molecular weight is 699 g/mol. The molecule has 2 fully saturated rings. The van der Waals surface area contributed by atoms with Crippen LogP contribution in [0.5, 0.6) is 0 Å². The number of aliphatic hydroxyl groups excluding tert-OH is 1. The average Bonchev–Trinajstić information content (AvgIpc) is 3.90. The molecule has 0 unspecified atom stereocenters. The van der Waals surface area contributed by atoms with E-state index >= 15 is 4.79 Å². The first-order valence-electron chi connectivity index (χ1n) is 17.4. The van der Waals surface area contributed by atoms with E-state index in [1.807, 2.05) is 55.5 Å². The molecule has 7 rings (SSSR count). The molecule has 14 nitrogen and oxygen atoms in total. The summed E-state index contributed by atoms with van der Waals surface area (Å²) in [6.07, 6.45) is 6.16. The predicted octanol–water partition coefficient (Wildman–Crippen LogP) is 1.90. The number of rotatable bonds is 8. The van der Waals surface area contributed by atoms with Crippen LogP contribution in [-0.4, -0.2) is 110 Å². The molecule has 5 bridgehead atoms. The van der Waals surface area contributed by atoms with Gasteiger partial charge in [-0.25, -0.2) is 4.68 Å². The molecule has 2 N–H and O–H groups in total. The molecule has 5 heterocycles. The lowest BCUT2D eigenvalue weighted by atomic mass is 9.74. The smallest absolute Gasteiger partial charge is 0.313 e. The van der Waals surface area contributed by atoms with Crippen molar-refractivity contribution < 1.29 is 38.5 Å². The molecule has 4 aliphatic rings. The summed E-state index contributed by atoms with van der Waals surface area (Å²) in [7, 11) is 1.50. The Morgan fingerprint density at radius 1 is 1.06 bits per heavy atom. The van der Waals surface area contributed by atoms with Gasteiger partial charge in [0.25, 0.3) is 5.91 Å². The summed E-state index contributed by atoms with van der Waals surface area (Å²) < 4.78 is 19.9. The van der Waals surface area contributed by atoms with Crippen molar-refractivity contribution >= 4 is 34.7 Å². The van der Waals surface area contributed by atoms with E-state index < -0.39 is 65.6 Å². The fraction of sp³-hybridized carbons (Fsp3) is 0.459. The highest BCUT2D eigenvalue weighted by Crippen LogP contribution is 2.56. The van der Waals surface area contributed by atoms with Crippen LogP contribution in [0.4, 0.5) is 0 Å². The minimum atomic E-state index is -1.49. The number of amides is 3. The zero-order valence-corrected chi connectivity index (χ0v) is 28.5. The second-order valence-corrected chi connectivity index (χ2v) is 13.4. The first-order valence-corrected chi connectivity index (χ1v) is 17.4. The zero-order chi connectivity index (χ0) is 35.7. The SMILES string of the molecule is CC[C@@H](CO)N1C(=O)[C@@H]2[C@H]3C(=O)O[C@@H](c4ccccc4)[C@H](COC)NC(=O)CC/C=C\CN(Cn4nnc5ccccc54)C(=O)[C@@H]1[C@]21C=C[C@H]3O1. The van der Waals surface area contributed by atoms with Gasteiger partial charge in [0.15, 0.2) is 0 Å². The fourth-order valence-electron chi connectivity index (χ4n) is 7.96. The summed E-state index contributed by atoms with van der Waals surface area (Å²) in [4.78, 5) is 60.3. The van der Waals surface area contributed by atoms with Gasteiger partial charge in [-0.3, -0.25) is 19.2 Å². The number of nitrogens with one attached hydrogen (secondary N) is 1. The molecule has 268 valence electrons. The molecule has 2 saturated heterocycles. The number of likely N-dealkylation sites (tertiary alicyclic amines) is 1. The number of benzene rings is 2. The maximum atomic E-state index is 15.0. The molecule has 2 aromatic carbocycles. The van der Waals surface area contributed by atoms with E-state index in [0.717, 1.165) is 0 Å². The first-order chi connectivity index (χ1) is 24.8. The molecule has 8 atom stereocenters. The maximum absolute atomic E-state index is 15.0. The Morgan fingerprint density at radius 3 is 2.61 bits per heavy atom. The predicted molar refractivity (Wildman–Crippen MR) is 182 cm³/mol. The summed E-state index contributed by atoms with van der Waals surface area (Å²) in [5.74, 6) is -4.06. The van der Waals surface area contributed by atoms with Crippen LogP contribution >= 0.6 is 0 Å². The summed E-state index contributed by atoms with van der Waals surface area (Å²) in [6.45, 7) is 1.60. The topological polar surface area (TPSA) is 165 Å². The van der Waals surface area contributed by atoms with Gasteiger partial charge in [0.1, 0.15) is 35.9 Å². The van der Waals surface area contributed by atoms with Gasteiger partial charge >= 0.3 is 5.97 Å². The molecule has 3 amide bonds. The number of allylic oxidation sites excluding steroid dienone is 1. The summed E-state index contributed by atoms with van der Waals surface area (Å²) >= 11 is 0. The second kappa shape index (κ2) is 14.4. The standard InChI is InChI=1S/C37H42N6O8/c1-3-24(20-44)43-33-35(47)41(22-42-27-15-10-9-14-25(27)39-40-42)19-11-5-8-16-29(45)38-26(21-49-2)32(23-12-6-4-7-13-23)50-36(48)30-28-17-18-37(33,51-28)31(30)34(43)46/h4-7,9-15,17-18,24,26,28,30-33,44H,3,8,16,19-22H2,1-2H3,(H,38,45)/b11-5-/t24-,26-,28+,30-,31-,32-,33+,37-/m0/s1. The number of esters is 1. The van der Waals surface area contributed by atoms with E-state index in [4.69, 9.17) is 14.2 Å². The van der Waals surface area contributed by atoms with Crippen LogP contribution in [0.25, 0.3) is 11.0 Å². The third-order valence-corrected chi connectivity index (χ3v) is 10.4. The normalized spacial score (nSPS) is 30.8. The Hall–Kier alpha value is -4.92. The Bertz CT molecular complexity index is 1840. The third-order valence-electron chi connectivity index (χ3n) is 10.4. The molecule has 3 aromatic rings. The number of fused-ring (bicyclic) bond motifs is 3. The Balaban J connectivity index is 1.32. The zero-order valence-electron chi connectivity index (χ0n) is 28.5. The van der Waals surface area contributed by atoms with Crippen molar-refractivity contribution in [1.29, 1.82) is 0 Å². The Kier molecular flexibility index (Phi) is 9.73. The van der Waals surface area contributed by atoms with Crippen LogP contribution in [-0.2, 0) is 40.1 Å². The van der Waals surface area contributed by atoms with Gasteiger partial charge in [0, 0.05) is 20.1 Å². The highest BCUT2D eigenvalue weighted by molar-refractivity contribution is 5.99. The molecule has 0 saturated carbocycles. The lowest BCUT2D eigenvalue weighted by Gasteiger charge is -2.38. The van der Waals surface area contributed by atoms with Crippen LogP contribution in [0.3, 0.4) is 0 Å². The van der Waals surface area contributed by atoms with Crippen molar-refractivity contribution in [3.63, 3.8) is 0 Å². The van der Waals surface area contributed by atoms with Gasteiger partial charge in [-0.2, -0.15) is 0 Å². The van der Waals surface area contributed by atoms with Gasteiger partial charge < -0.3 is 34.4 Å². The molecular formula is C37H42N6O8. The molecular weight excluding hydrogens is 656 g/mol. The van der Waals surface area contributed by atoms with Crippen molar-refractivity contribution in [3.8, 4) is 0 Å². The fourth-order valence-corrected chi connectivity index (χ4v) is 7.96.